The molecule has 0 spiro atoms. The van der Waals surface area contributed by atoms with Crippen LogP contribution in [0.4, 0.5) is 0 Å². The van der Waals surface area contributed by atoms with Crippen molar-refractivity contribution in [2.24, 2.45) is 23.5 Å². The maximum Gasteiger partial charge on any atom is 0.223 e. The molecular weight excluding hydrogens is 236 g/mol. The Bertz CT molecular complexity index is 297. The Kier molecular flexibility index (Phi) is 5.26. The first-order valence-electron chi connectivity index (χ1n) is 8.16. The van der Waals surface area contributed by atoms with Crippen LogP contribution in [-0.2, 0) is 4.79 Å². The molecule has 3 atom stereocenters. The minimum Gasteiger partial charge on any atom is -0.353 e. The fraction of sp³-hybridized carbons (Fsp3) is 0.938. The van der Waals surface area contributed by atoms with E-state index in [0.717, 1.165) is 25.2 Å². The molecule has 0 aromatic heterocycles. The van der Waals surface area contributed by atoms with Gasteiger partial charge in [0.25, 0.3) is 0 Å². The lowest BCUT2D eigenvalue weighted by atomic mass is 9.78. The van der Waals surface area contributed by atoms with Crippen LogP contribution in [0.5, 0.6) is 0 Å². The van der Waals surface area contributed by atoms with Crippen molar-refractivity contribution < 1.29 is 4.79 Å². The van der Waals surface area contributed by atoms with E-state index in [1.807, 2.05) is 0 Å². The third-order valence-electron chi connectivity index (χ3n) is 5.38. The zero-order valence-corrected chi connectivity index (χ0v) is 12.5. The van der Waals surface area contributed by atoms with Crippen molar-refractivity contribution in [1.29, 1.82) is 0 Å². The molecule has 2 rings (SSSR count). The predicted molar refractivity (Wildman–Crippen MR) is 78.7 cm³/mol. The molecule has 0 saturated heterocycles. The van der Waals surface area contributed by atoms with Gasteiger partial charge in [-0.1, -0.05) is 20.3 Å². The Balaban J connectivity index is 1.75. The molecule has 3 nitrogen and oxygen atoms in total. The average Bonchev–Trinajstić information content (AvgIpc) is 2.42. The second kappa shape index (κ2) is 6.74. The summed E-state index contributed by atoms with van der Waals surface area (Å²) >= 11 is 0. The van der Waals surface area contributed by atoms with Crippen LogP contribution in [0.2, 0.25) is 0 Å². The number of carbonyl (C=O) groups is 1. The van der Waals surface area contributed by atoms with Crippen molar-refractivity contribution in [3.63, 3.8) is 0 Å². The van der Waals surface area contributed by atoms with Gasteiger partial charge in [-0.05, 0) is 56.8 Å². The lowest BCUT2D eigenvalue weighted by Gasteiger charge is -2.33. The van der Waals surface area contributed by atoms with Crippen LogP contribution in [-0.4, -0.2) is 18.0 Å². The molecule has 2 aliphatic rings. The summed E-state index contributed by atoms with van der Waals surface area (Å²) in [5, 5.41) is 3.29. The molecule has 0 aromatic rings. The topological polar surface area (TPSA) is 55.1 Å². The molecule has 0 bridgehead atoms. The molecule has 3 heteroatoms. The molecule has 0 aromatic carbocycles. The van der Waals surface area contributed by atoms with E-state index in [2.05, 4.69) is 19.2 Å². The summed E-state index contributed by atoms with van der Waals surface area (Å²) in [6.07, 6.45) is 9.15. The van der Waals surface area contributed by atoms with E-state index in [9.17, 15) is 4.79 Å². The fourth-order valence-corrected chi connectivity index (χ4v) is 3.69. The van der Waals surface area contributed by atoms with Crippen molar-refractivity contribution in [2.45, 2.75) is 77.3 Å². The highest BCUT2D eigenvalue weighted by molar-refractivity contribution is 5.79. The molecule has 2 saturated carbocycles. The van der Waals surface area contributed by atoms with Crippen molar-refractivity contribution >= 4 is 5.91 Å². The van der Waals surface area contributed by atoms with Gasteiger partial charge in [-0.3, -0.25) is 4.79 Å². The smallest absolute Gasteiger partial charge is 0.223 e. The van der Waals surface area contributed by atoms with Crippen molar-refractivity contribution in [2.75, 3.05) is 0 Å². The van der Waals surface area contributed by atoms with E-state index in [-0.39, 0.29) is 5.92 Å². The minimum atomic E-state index is 0.207. The molecular formula is C16H30N2O. The Morgan fingerprint density at radius 1 is 1.16 bits per heavy atom. The molecule has 3 N–H and O–H groups in total. The van der Waals surface area contributed by atoms with Crippen molar-refractivity contribution in [3.8, 4) is 0 Å². The number of carbonyl (C=O) groups excluding carboxylic acids is 1. The van der Waals surface area contributed by atoms with Crippen LogP contribution < -0.4 is 11.1 Å². The zero-order valence-electron chi connectivity index (χ0n) is 12.5. The first-order valence-corrected chi connectivity index (χ1v) is 8.16. The highest BCUT2D eigenvalue weighted by Gasteiger charge is 2.31. The van der Waals surface area contributed by atoms with E-state index < -0.39 is 0 Å². The first-order chi connectivity index (χ1) is 9.10. The molecule has 3 unspecified atom stereocenters. The number of rotatable bonds is 3. The average molecular weight is 266 g/mol. The Morgan fingerprint density at radius 2 is 1.84 bits per heavy atom. The number of hydrogen-bond acceptors (Lipinski definition) is 2. The van der Waals surface area contributed by atoms with Gasteiger partial charge in [-0.25, -0.2) is 0 Å². The third-order valence-corrected chi connectivity index (χ3v) is 5.38. The van der Waals surface area contributed by atoms with Gasteiger partial charge in [0.05, 0.1) is 0 Å². The Morgan fingerprint density at radius 3 is 2.42 bits per heavy atom. The molecule has 2 aliphatic carbocycles. The van der Waals surface area contributed by atoms with Crippen LogP contribution in [0.25, 0.3) is 0 Å². The fourth-order valence-electron chi connectivity index (χ4n) is 3.69. The lowest BCUT2D eigenvalue weighted by Crippen LogP contribution is -2.44. The summed E-state index contributed by atoms with van der Waals surface area (Å²) in [7, 11) is 0. The number of nitrogens with one attached hydrogen (secondary N) is 1. The maximum absolute atomic E-state index is 12.3. The largest absolute Gasteiger partial charge is 0.353 e. The van der Waals surface area contributed by atoms with Gasteiger partial charge in [0.15, 0.2) is 0 Å². The summed E-state index contributed by atoms with van der Waals surface area (Å²) in [6.45, 7) is 4.45. The third kappa shape index (κ3) is 3.95. The normalized spacial score (nSPS) is 39.8. The van der Waals surface area contributed by atoms with Gasteiger partial charge < -0.3 is 11.1 Å². The highest BCUT2D eigenvalue weighted by Crippen LogP contribution is 2.30. The van der Waals surface area contributed by atoms with Crippen LogP contribution >= 0.6 is 0 Å². The minimum absolute atomic E-state index is 0.207. The Labute approximate surface area is 117 Å². The van der Waals surface area contributed by atoms with Crippen LogP contribution in [0.3, 0.4) is 0 Å². The second-order valence-electron chi connectivity index (χ2n) is 6.79. The Hall–Kier alpha value is -0.570. The number of amides is 1. The molecule has 0 radical (unpaired) electrons. The van der Waals surface area contributed by atoms with Crippen LogP contribution in [0.1, 0.15) is 65.2 Å². The summed E-state index contributed by atoms with van der Waals surface area (Å²) in [6, 6.07) is 0.727. The molecule has 19 heavy (non-hydrogen) atoms. The van der Waals surface area contributed by atoms with E-state index in [1.165, 1.54) is 32.1 Å². The van der Waals surface area contributed by atoms with Crippen molar-refractivity contribution in [1.82, 2.24) is 5.32 Å². The summed E-state index contributed by atoms with van der Waals surface area (Å²) in [5.41, 5.74) is 6.02. The van der Waals surface area contributed by atoms with Gasteiger partial charge in [0, 0.05) is 18.0 Å². The van der Waals surface area contributed by atoms with Gasteiger partial charge in [-0.2, -0.15) is 0 Å². The van der Waals surface area contributed by atoms with E-state index in [1.54, 1.807) is 0 Å². The molecule has 1 amide bonds. The highest BCUT2D eigenvalue weighted by atomic mass is 16.1. The molecule has 2 fully saturated rings. The van der Waals surface area contributed by atoms with Crippen LogP contribution in [0.15, 0.2) is 0 Å². The van der Waals surface area contributed by atoms with Gasteiger partial charge in [-0.15, -0.1) is 0 Å². The molecule has 110 valence electrons. The predicted octanol–water partition coefficient (Wildman–Crippen LogP) is 2.83. The monoisotopic (exact) mass is 266 g/mol. The number of nitrogens with two attached hydrogens (primary N) is 1. The van der Waals surface area contributed by atoms with E-state index >= 15 is 0 Å². The zero-order chi connectivity index (χ0) is 13.8. The quantitative estimate of drug-likeness (QED) is 0.825. The van der Waals surface area contributed by atoms with Gasteiger partial charge in [0.1, 0.15) is 0 Å². The van der Waals surface area contributed by atoms with Crippen LogP contribution in [0, 0.1) is 17.8 Å². The van der Waals surface area contributed by atoms with Gasteiger partial charge in [0.2, 0.25) is 5.91 Å². The maximum atomic E-state index is 12.3. The SMILES string of the molecule is CCC1CCC(NC(=O)C2CCC(N)C(C)C2)CC1. The first kappa shape index (κ1) is 14.8. The summed E-state index contributed by atoms with van der Waals surface area (Å²) in [5.74, 6) is 1.87. The second-order valence-corrected chi connectivity index (χ2v) is 6.79. The lowest BCUT2D eigenvalue weighted by molar-refractivity contribution is -0.127. The van der Waals surface area contributed by atoms with E-state index in [0.29, 0.717) is 23.9 Å². The molecule has 0 aliphatic heterocycles. The summed E-state index contributed by atoms with van der Waals surface area (Å²) in [4.78, 5) is 12.3. The standard InChI is InChI=1S/C16H30N2O/c1-3-12-4-7-14(8-5-12)18-16(19)13-6-9-15(17)11(2)10-13/h11-15H,3-10,17H2,1-2H3,(H,18,19). The number of hydrogen-bond donors (Lipinski definition) is 2. The van der Waals surface area contributed by atoms with Gasteiger partial charge >= 0.3 is 0 Å². The molecule has 0 heterocycles. The summed E-state index contributed by atoms with van der Waals surface area (Å²) < 4.78 is 0. The van der Waals surface area contributed by atoms with E-state index in [4.69, 9.17) is 5.73 Å². The van der Waals surface area contributed by atoms with Crippen molar-refractivity contribution in [3.05, 3.63) is 0 Å².